The summed E-state index contributed by atoms with van der Waals surface area (Å²) in [7, 11) is 2.91. The molecule has 1 aliphatic heterocycles. The maximum atomic E-state index is 12.2. The molecule has 0 radical (unpaired) electrons. The summed E-state index contributed by atoms with van der Waals surface area (Å²) in [4.78, 5) is 37.2. The van der Waals surface area contributed by atoms with E-state index in [1.54, 1.807) is 36.4 Å². The number of aryl methyl sites for hydroxylation is 1. The summed E-state index contributed by atoms with van der Waals surface area (Å²) >= 11 is 6.94. The van der Waals surface area contributed by atoms with E-state index < -0.39 is 0 Å². The summed E-state index contributed by atoms with van der Waals surface area (Å²) in [5.41, 5.74) is 2.16. The SMILES string of the molecule is COc1cc(C=C2SC(=O)N(C)C2=O)ccc1OCC(=O)Nc1ccc(C)c(Cl)c1. The van der Waals surface area contributed by atoms with Crippen LogP contribution in [0.15, 0.2) is 41.3 Å². The Kier molecular flexibility index (Phi) is 6.69. The quantitative estimate of drug-likeness (QED) is 0.664. The van der Waals surface area contributed by atoms with Crippen LogP contribution in [0.4, 0.5) is 10.5 Å². The summed E-state index contributed by atoms with van der Waals surface area (Å²) < 4.78 is 10.9. The van der Waals surface area contributed by atoms with Gasteiger partial charge >= 0.3 is 0 Å². The molecule has 3 amide bonds. The number of rotatable bonds is 6. The molecule has 2 aromatic carbocycles. The maximum absolute atomic E-state index is 12.2. The summed E-state index contributed by atoms with van der Waals surface area (Å²) in [6, 6.07) is 10.2. The maximum Gasteiger partial charge on any atom is 0.293 e. The Morgan fingerprint density at radius 3 is 2.60 bits per heavy atom. The molecule has 9 heteroatoms. The second-order valence-corrected chi connectivity index (χ2v) is 7.85. The Hall–Kier alpha value is -2.97. The fourth-order valence-corrected chi connectivity index (χ4v) is 3.61. The molecule has 30 heavy (non-hydrogen) atoms. The van der Waals surface area contributed by atoms with E-state index in [0.29, 0.717) is 32.7 Å². The molecule has 0 atom stereocenters. The number of carbonyl (C=O) groups excluding carboxylic acids is 3. The highest BCUT2D eigenvalue weighted by Crippen LogP contribution is 2.33. The zero-order chi connectivity index (χ0) is 21.8. The van der Waals surface area contributed by atoms with Gasteiger partial charge in [0.05, 0.1) is 12.0 Å². The Morgan fingerprint density at radius 2 is 1.97 bits per heavy atom. The second kappa shape index (κ2) is 9.23. The molecule has 3 rings (SSSR count). The number of benzene rings is 2. The van der Waals surface area contributed by atoms with Crippen molar-refractivity contribution >= 4 is 52.2 Å². The number of imide groups is 1. The van der Waals surface area contributed by atoms with Crippen molar-refractivity contribution in [2.45, 2.75) is 6.92 Å². The molecule has 1 heterocycles. The molecule has 0 spiro atoms. The van der Waals surface area contributed by atoms with Gasteiger partial charge in [0.15, 0.2) is 18.1 Å². The highest BCUT2D eigenvalue weighted by molar-refractivity contribution is 8.18. The van der Waals surface area contributed by atoms with Crippen LogP contribution in [0, 0.1) is 6.92 Å². The van der Waals surface area contributed by atoms with Crippen molar-refractivity contribution in [3.8, 4) is 11.5 Å². The second-order valence-electron chi connectivity index (χ2n) is 6.45. The minimum absolute atomic E-state index is 0.226. The number of anilines is 1. The molecular formula is C21H19ClN2O5S. The molecule has 1 aliphatic rings. The van der Waals surface area contributed by atoms with Gasteiger partial charge in [0.25, 0.3) is 17.1 Å². The van der Waals surface area contributed by atoms with E-state index >= 15 is 0 Å². The van der Waals surface area contributed by atoms with Gasteiger partial charge in [0, 0.05) is 17.8 Å². The Morgan fingerprint density at radius 1 is 1.20 bits per heavy atom. The van der Waals surface area contributed by atoms with Crippen LogP contribution in [0.2, 0.25) is 5.02 Å². The van der Waals surface area contributed by atoms with Crippen LogP contribution < -0.4 is 14.8 Å². The number of nitrogens with zero attached hydrogens (tertiary/aromatic N) is 1. The Bertz CT molecular complexity index is 1050. The van der Waals surface area contributed by atoms with Gasteiger partial charge in [-0.15, -0.1) is 0 Å². The molecule has 0 aliphatic carbocycles. The minimum Gasteiger partial charge on any atom is -0.493 e. The zero-order valence-electron chi connectivity index (χ0n) is 16.5. The van der Waals surface area contributed by atoms with E-state index in [2.05, 4.69) is 5.32 Å². The van der Waals surface area contributed by atoms with E-state index in [9.17, 15) is 14.4 Å². The number of hydrogen-bond acceptors (Lipinski definition) is 6. The number of methoxy groups -OCH3 is 1. The molecule has 0 unspecified atom stereocenters. The van der Waals surface area contributed by atoms with Crippen LogP contribution in [-0.2, 0) is 9.59 Å². The normalized spacial score (nSPS) is 14.9. The minimum atomic E-state index is -0.350. The van der Waals surface area contributed by atoms with Crippen LogP contribution >= 0.6 is 23.4 Å². The third kappa shape index (κ3) is 4.95. The predicted molar refractivity (Wildman–Crippen MR) is 117 cm³/mol. The number of thioether (sulfide) groups is 1. The van der Waals surface area contributed by atoms with Crippen LogP contribution in [0.3, 0.4) is 0 Å². The number of hydrogen-bond donors (Lipinski definition) is 1. The fraction of sp³-hybridized carbons (Fsp3) is 0.190. The first-order chi connectivity index (χ1) is 14.3. The first-order valence-corrected chi connectivity index (χ1v) is 10.1. The lowest BCUT2D eigenvalue weighted by Gasteiger charge is -2.12. The van der Waals surface area contributed by atoms with Crippen molar-refractivity contribution in [1.82, 2.24) is 4.90 Å². The molecule has 0 aromatic heterocycles. The van der Waals surface area contributed by atoms with E-state index in [0.717, 1.165) is 22.2 Å². The van der Waals surface area contributed by atoms with E-state index in [1.165, 1.54) is 14.2 Å². The number of nitrogens with one attached hydrogen (secondary N) is 1. The summed E-state index contributed by atoms with van der Waals surface area (Å²) in [5.74, 6) is 0.0656. The number of amides is 3. The summed E-state index contributed by atoms with van der Waals surface area (Å²) in [6.45, 7) is 1.65. The monoisotopic (exact) mass is 446 g/mol. The van der Waals surface area contributed by atoms with Gasteiger partial charge in [-0.1, -0.05) is 23.7 Å². The van der Waals surface area contributed by atoms with E-state index in [4.69, 9.17) is 21.1 Å². The molecule has 2 aromatic rings. The van der Waals surface area contributed by atoms with Gasteiger partial charge < -0.3 is 14.8 Å². The number of halogens is 1. The van der Waals surface area contributed by atoms with Gasteiger partial charge in [0.2, 0.25) is 0 Å². The standard InChI is InChI=1S/C21H19ClN2O5S/c1-12-4-6-14(10-15(12)22)23-19(25)11-29-16-7-5-13(8-17(16)28-3)9-18-20(26)24(2)21(27)30-18/h4-10H,11H2,1-3H3,(H,23,25). The lowest BCUT2D eigenvalue weighted by Crippen LogP contribution is -2.22. The van der Waals surface area contributed by atoms with E-state index in [1.807, 2.05) is 13.0 Å². The molecule has 1 saturated heterocycles. The smallest absolute Gasteiger partial charge is 0.293 e. The topological polar surface area (TPSA) is 84.9 Å². The summed E-state index contributed by atoms with van der Waals surface area (Å²) in [5, 5.41) is 2.96. The van der Waals surface area contributed by atoms with E-state index in [-0.39, 0.29) is 23.7 Å². The average Bonchev–Trinajstić information content (AvgIpc) is 2.96. The molecule has 156 valence electrons. The van der Waals surface area contributed by atoms with Crippen molar-refractivity contribution in [1.29, 1.82) is 0 Å². The number of likely N-dealkylation sites (N-methyl/N-ethyl adjacent to an activating group) is 1. The van der Waals surface area contributed by atoms with Crippen molar-refractivity contribution in [3.63, 3.8) is 0 Å². The first-order valence-electron chi connectivity index (χ1n) is 8.87. The molecule has 0 saturated carbocycles. The Balaban J connectivity index is 1.66. The third-order valence-corrected chi connectivity index (χ3v) is 5.65. The molecule has 7 nitrogen and oxygen atoms in total. The van der Waals surface area contributed by atoms with Crippen LogP contribution in [0.1, 0.15) is 11.1 Å². The number of carbonyl (C=O) groups is 3. The third-order valence-electron chi connectivity index (χ3n) is 4.29. The van der Waals surface area contributed by atoms with Crippen molar-refractivity contribution in [3.05, 3.63) is 57.5 Å². The van der Waals surface area contributed by atoms with Gasteiger partial charge in [-0.25, -0.2) is 0 Å². The van der Waals surface area contributed by atoms with Crippen LogP contribution in [0.5, 0.6) is 11.5 Å². The van der Waals surface area contributed by atoms with Crippen LogP contribution in [0.25, 0.3) is 6.08 Å². The molecule has 1 N–H and O–H groups in total. The summed E-state index contributed by atoms with van der Waals surface area (Å²) in [6.07, 6.45) is 1.61. The largest absolute Gasteiger partial charge is 0.493 e. The van der Waals surface area contributed by atoms with Gasteiger partial charge in [-0.05, 0) is 60.2 Å². The van der Waals surface area contributed by atoms with Gasteiger partial charge in [-0.2, -0.15) is 0 Å². The van der Waals surface area contributed by atoms with Crippen LogP contribution in [-0.4, -0.2) is 42.7 Å². The van der Waals surface area contributed by atoms with Crippen molar-refractivity contribution in [2.24, 2.45) is 0 Å². The Labute approximate surface area is 183 Å². The first kappa shape index (κ1) is 21.7. The highest BCUT2D eigenvalue weighted by atomic mass is 35.5. The number of ether oxygens (including phenoxy) is 2. The molecule has 0 bridgehead atoms. The lowest BCUT2D eigenvalue weighted by atomic mass is 10.2. The van der Waals surface area contributed by atoms with Crippen molar-refractivity contribution in [2.75, 3.05) is 26.1 Å². The highest BCUT2D eigenvalue weighted by Gasteiger charge is 2.31. The fourth-order valence-electron chi connectivity index (χ4n) is 2.60. The zero-order valence-corrected chi connectivity index (χ0v) is 18.1. The van der Waals surface area contributed by atoms with Gasteiger partial charge in [0.1, 0.15) is 0 Å². The van der Waals surface area contributed by atoms with Crippen molar-refractivity contribution < 1.29 is 23.9 Å². The average molecular weight is 447 g/mol. The molecule has 1 fully saturated rings. The molecular weight excluding hydrogens is 428 g/mol. The van der Waals surface area contributed by atoms with Gasteiger partial charge in [-0.3, -0.25) is 19.3 Å². The lowest BCUT2D eigenvalue weighted by molar-refractivity contribution is -0.121. The predicted octanol–water partition coefficient (Wildman–Crippen LogP) is 4.34.